The van der Waals surface area contributed by atoms with Crippen LogP contribution in [-0.4, -0.2) is 52.1 Å². The molecule has 2 N–H and O–H groups in total. The molecule has 0 amide bonds. The molecule has 1 atom stereocenters. The van der Waals surface area contributed by atoms with Crippen LogP contribution in [0, 0.1) is 0 Å². The van der Waals surface area contributed by atoms with E-state index in [9.17, 15) is 4.79 Å². The quantitative estimate of drug-likeness (QED) is 0.780. The highest BCUT2D eigenvalue weighted by Crippen LogP contribution is 2.39. The molecular formula is C21H35NO5. The van der Waals surface area contributed by atoms with Crippen LogP contribution < -0.4 is 0 Å². The van der Waals surface area contributed by atoms with Gasteiger partial charge in [-0.05, 0) is 52.5 Å². The third-order valence-electron chi connectivity index (χ3n) is 4.64. The fourth-order valence-corrected chi connectivity index (χ4v) is 3.85. The zero-order chi connectivity index (χ0) is 20.7. The summed E-state index contributed by atoms with van der Waals surface area (Å²) in [5.41, 5.74) is 0.476. The summed E-state index contributed by atoms with van der Waals surface area (Å²) in [5, 5.41) is 19.5. The molecule has 6 nitrogen and oxygen atoms in total. The maximum atomic E-state index is 10.2. The lowest BCUT2D eigenvalue weighted by molar-refractivity contribution is -0.279. The molecule has 6 heteroatoms. The van der Waals surface area contributed by atoms with Crippen molar-refractivity contribution in [3.05, 3.63) is 35.9 Å². The molecule has 1 unspecified atom stereocenters. The zero-order valence-corrected chi connectivity index (χ0v) is 17.4. The van der Waals surface area contributed by atoms with Gasteiger partial charge in [0.05, 0.1) is 13.2 Å². The van der Waals surface area contributed by atoms with E-state index in [-0.39, 0.29) is 11.1 Å². The summed E-state index contributed by atoms with van der Waals surface area (Å²) in [6.07, 6.45) is 2.10. The Bertz CT molecular complexity index is 555. The second-order valence-electron chi connectivity index (χ2n) is 8.15. The van der Waals surface area contributed by atoms with Gasteiger partial charge in [-0.1, -0.05) is 37.3 Å². The average molecular weight is 382 g/mol. The molecule has 0 spiro atoms. The maximum absolute atomic E-state index is 10.2. The van der Waals surface area contributed by atoms with Crippen LogP contribution in [-0.2, 0) is 14.4 Å². The largest absolute Gasteiger partial charge is 0.479 e. The number of aliphatic hydroxyl groups is 1. The molecule has 154 valence electrons. The van der Waals surface area contributed by atoms with Gasteiger partial charge in [-0.25, -0.2) is 4.79 Å². The highest BCUT2D eigenvalue weighted by molar-refractivity contribution is 5.73. The van der Waals surface area contributed by atoms with Gasteiger partial charge in [0, 0.05) is 17.7 Å². The summed E-state index contributed by atoms with van der Waals surface area (Å²) in [4.78, 5) is 15.8. The number of rotatable bonds is 6. The van der Waals surface area contributed by atoms with Gasteiger partial charge < -0.3 is 19.8 Å². The Morgan fingerprint density at radius 3 is 2.11 bits per heavy atom. The summed E-state index contributed by atoms with van der Waals surface area (Å²) in [6, 6.07) is 8.26. The molecule has 2 rings (SSSR count). The van der Waals surface area contributed by atoms with Crippen LogP contribution in [0.25, 0.3) is 0 Å². The number of carboxylic acids is 1. The van der Waals surface area contributed by atoms with Crippen molar-refractivity contribution in [3.63, 3.8) is 0 Å². The van der Waals surface area contributed by atoms with Gasteiger partial charge in [0.1, 0.15) is 0 Å². The Hall–Kier alpha value is -1.47. The van der Waals surface area contributed by atoms with E-state index in [1.165, 1.54) is 0 Å². The number of aliphatic carboxylic acids is 1. The average Bonchev–Trinajstić information content (AvgIpc) is 2.59. The van der Waals surface area contributed by atoms with Gasteiger partial charge in [0.25, 0.3) is 0 Å². The lowest BCUT2D eigenvalue weighted by atomic mass is 9.80. The summed E-state index contributed by atoms with van der Waals surface area (Å²) in [5.74, 6) is -1.23. The van der Waals surface area contributed by atoms with Crippen molar-refractivity contribution in [2.45, 2.75) is 77.2 Å². The number of ether oxygens (including phenoxy) is 1. The lowest BCUT2D eigenvalue weighted by Gasteiger charge is -2.53. The fraction of sp³-hybridized carbons (Fsp3) is 0.667. The van der Waals surface area contributed by atoms with E-state index in [1.807, 2.05) is 0 Å². The smallest absolute Gasteiger partial charge is 0.337 e. The molecule has 0 aromatic heterocycles. The summed E-state index contributed by atoms with van der Waals surface area (Å²) >= 11 is 0. The molecule has 1 aromatic rings. The van der Waals surface area contributed by atoms with Crippen molar-refractivity contribution in [2.75, 3.05) is 13.7 Å². The van der Waals surface area contributed by atoms with E-state index in [4.69, 9.17) is 19.8 Å². The van der Waals surface area contributed by atoms with Crippen LogP contribution in [0.3, 0.4) is 0 Å². The number of piperidine rings is 1. The fourth-order valence-electron chi connectivity index (χ4n) is 3.85. The molecule has 1 fully saturated rings. The lowest BCUT2D eigenvalue weighted by Crippen LogP contribution is -2.61. The first-order valence-electron chi connectivity index (χ1n) is 9.47. The summed E-state index contributed by atoms with van der Waals surface area (Å²) in [6.45, 7) is 11.9. The van der Waals surface area contributed by atoms with Gasteiger partial charge in [0.15, 0.2) is 6.10 Å². The van der Waals surface area contributed by atoms with E-state index < -0.39 is 12.1 Å². The third kappa shape index (κ3) is 6.88. The number of nitrogens with zero attached hydrogens (tertiary/aromatic N) is 1. The molecule has 0 radical (unpaired) electrons. The monoisotopic (exact) mass is 381 g/mol. The highest BCUT2D eigenvalue weighted by atomic mass is 16.7. The number of carbonyl (C=O) groups is 1. The molecule has 1 aromatic carbocycles. The Morgan fingerprint density at radius 1 is 1.19 bits per heavy atom. The van der Waals surface area contributed by atoms with Crippen LogP contribution in [0.5, 0.6) is 0 Å². The Kier molecular flexibility index (Phi) is 8.88. The minimum absolute atomic E-state index is 0.0366. The minimum Gasteiger partial charge on any atom is -0.479 e. The van der Waals surface area contributed by atoms with Crippen molar-refractivity contribution < 1.29 is 24.6 Å². The first-order valence-corrected chi connectivity index (χ1v) is 9.47. The van der Waals surface area contributed by atoms with E-state index in [0.29, 0.717) is 11.7 Å². The van der Waals surface area contributed by atoms with Crippen molar-refractivity contribution in [1.29, 1.82) is 0 Å². The molecule has 1 aliphatic rings. The van der Waals surface area contributed by atoms with Crippen LogP contribution >= 0.6 is 0 Å². The number of hydroxylamine groups is 2. The number of aliphatic hydroxyl groups excluding tert-OH is 1. The Labute approximate surface area is 163 Å². The van der Waals surface area contributed by atoms with Crippen LogP contribution in [0.1, 0.15) is 65.5 Å². The van der Waals surface area contributed by atoms with Gasteiger partial charge in [0.2, 0.25) is 0 Å². The first-order chi connectivity index (χ1) is 12.5. The predicted octanol–water partition coefficient (Wildman–Crippen LogP) is 3.80. The zero-order valence-electron chi connectivity index (χ0n) is 17.4. The molecule has 1 aliphatic heterocycles. The summed E-state index contributed by atoms with van der Waals surface area (Å²) in [7, 11) is 1.76. The van der Waals surface area contributed by atoms with Crippen LogP contribution in [0.4, 0.5) is 0 Å². The number of hydrogen-bond donors (Lipinski definition) is 2. The van der Waals surface area contributed by atoms with Gasteiger partial charge in [-0.2, -0.15) is 5.06 Å². The number of hydrogen-bond acceptors (Lipinski definition) is 5. The molecular weight excluding hydrogens is 346 g/mol. The molecule has 1 saturated heterocycles. The van der Waals surface area contributed by atoms with Crippen molar-refractivity contribution in [2.24, 2.45) is 0 Å². The third-order valence-corrected chi connectivity index (χ3v) is 4.64. The minimum atomic E-state index is -1.41. The van der Waals surface area contributed by atoms with Crippen LogP contribution in [0.2, 0.25) is 0 Å². The first kappa shape index (κ1) is 23.6. The Balaban J connectivity index is 0.000000289. The van der Waals surface area contributed by atoms with E-state index in [2.05, 4.69) is 39.7 Å². The van der Waals surface area contributed by atoms with Crippen molar-refractivity contribution in [1.82, 2.24) is 5.06 Å². The molecule has 1 heterocycles. The molecule has 0 aliphatic carbocycles. The van der Waals surface area contributed by atoms with Gasteiger partial charge >= 0.3 is 5.97 Å². The van der Waals surface area contributed by atoms with E-state index in [1.54, 1.807) is 37.4 Å². The topological polar surface area (TPSA) is 79.2 Å². The maximum Gasteiger partial charge on any atom is 0.337 e. The predicted molar refractivity (Wildman–Crippen MR) is 105 cm³/mol. The standard InChI is InChI=1S/C13H27NO2.C8H8O3/c1-7-8-16-11-9-12(2,3)14(15-6)13(4,5)10-11;9-7(8(10)11)6-4-2-1-3-5-6/h11H,7-10H2,1-6H3;1-5,7,9H,(H,10,11). The summed E-state index contributed by atoms with van der Waals surface area (Å²) < 4.78 is 5.91. The second kappa shape index (κ2) is 10.2. The van der Waals surface area contributed by atoms with Crippen molar-refractivity contribution in [3.8, 4) is 0 Å². The highest BCUT2D eigenvalue weighted by Gasteiger charge is 2.46. The second-order valence-corrected chi connectivity index (χ2v) is 8.15. The SMILES string of the molecule is CCCOC1CC(C)(C)N(OC)C(C)(C)C1.O=C(O)C(O)c1ccccc1. The van der Waals surface area contributed by atoms with Gasteiger partial charge in [-0.3, -0.25) is 0 Å². The van der Waals surface area contributed by atoms with E-state index in [0.717, 1.165) is 25.9 Å². The van der Waals surface area contributed by atoms with Gasteiger partial charge in [-0.15, -0.1) is 0 Å². The van der Waals surface area contributed by atoms with E-state index >= 15 is 0 Å². The molecule has 0 bridgehead atoms. The van der Waals surface area contributed by atoms with Crippen molar-refractivity contribution >= 4 is 5.97 Å². The molecule has 27 heavy (non-hydrogen) atoms. The molecule has 0 saturated carbocycles. The number of carboxylic acid groups (broad SMARTS) is 1. The Morgan fingerprint density at radius 2 is 1.70 bits per heavy atom. The normalized spacial score (nSPS) is 20.4. The van der Waals surface area contributed by atoms with Crippen LogP contribution in [0.15, 0.2) is 30.3 Å². The number of benzene rings is 1.